The molecule has 0 spiro atoms. The van der Waals surface area contributed by atoms with Crippen LogP contribution in [-0.2, 0) is 0 Å². The van der Waals surface area contributed by atoms with Gasteiger partial charge in [0.25, 0.3) is 5.56 Å². The number of rotatable bonds is 4. The Morgan fingerprint density at radius 2 is 1.62 bits per heavy atom. The highest BCUT2D eigenvalue weighted by molar-refractivity contribution is 6.31. The quantitative estimate of drug-likeness (QED) is 0.212. The summed E-state index contributed by atoms with van der Waals surface area (Å²) in [5, 5.41) is 8.91. The molecule has 6 nitrogen and oxygen atoms in total. The second kappa shape index (κ2) is 9.36. The van der Waals surface area contributed by atoms with Gasteiger partial charge in [0.2, 0.25) is 5.82 Å². The number of hydrogen-bond acceptors (Lipinski definition) is 4. The van der Waals surface area contributed by atoms with Crippen LogP contribution in [0.1, 0.15) is 17.0 Å². The molecule has 7 rings (SSSR count). The molecule has 3 aromatic heterocycles. The largest absolute Gasteiger partial charge is 0.453 e. The fourth-order valence-corrected chi connectivity index (χ4v) is 5.51. The topological polar surface area (TPSA) is 65.3 Å². The standard InChI is InChI=1S/C33H23ClN4O2/c1-20-16-24(21(2)37(20)29-13-7-9-22-8-3-4-10-26(22)29)19-35-38-32(36-28-12-6-5-11-27(28)33(38)39)31-18-23-17-25(34)14-15-30(23)40-31/h3-19H,1-2H3. The van der Waals surface area contributed by atoms with E-state index in [9.17, 15) is 4.79 Å². The number of aromatic nitrogens is 3. The van der Waals surface area contributed by atoms with Crippen molar-refractivity contribution in [2.45, 2.75) is 13.8 Å². The summed E-state index contributed by atoms with van der Waals surface area (Å²) in [6, 6.07) is 31.2. The van der Waals surface area contributed by atoms with Crippen LogP contribution < -0.4 is 5.56 Å². The summed E-state index contributed by atoms with van der Waals surface area (Å²) in [6.07, 6.45) is 1.71. The molecule has 7 aromatic rings. The molecule has 0 radical (unpaired) electrons. The number of aryl methyl sites for hydroxylation is 1. The molecule has 0 amide bonds. The maximum atomic E-state index is 13.7. The van der Waals surface area contributed by atoms with Crippen LogP contribution in [0.25, 0.3) is 49.9 Å². The third-order valence-corrected chi connectivity index (χ3v) is 7.48. The minimum Gasteiger partial charge on any atom is -0.453 e. The van der Waals surface area contributed by atoms with Crippen molar-refractivity contribution in [3.63, 3.8) is 0 Å². The lowest BCUT2D eigenvalue weighted by molar-refractivity contribution is 0.616. The van der Waals surface area contributed by atoms with Crippen molar-refractivity contribution in [3.05, 3.63) is 129 Å². The average molecular weight is 543 g/mol. The van der Waals surface area contributed by atoms with Gasteiger partial charge in [-0.2, -0.15) is 9.78 Å². The number of furan rings is 1. The highest BCUT2D eigenvalue weighted by Gasteiger charge is 2.17. The lowest BCUT2D eigenvalue weighted by Crippen LogP contribution is -2.20. The van der Waals surface area contributed by atoms with Crippen LogP contribution in [-0.4, -0.2) is 20.4 Å². The summed E-state index contributed by atoms with van der Waals surface area (Å²) in [4.78, 5) is 18.5. The van der Waals surface area contributed by atoms with Crippen LogP contribution >= 0.6 is 11.6 Å². The Morgan fingerprint density at radius 1 is 0.850 bits per heavy atom. The molecule has 0 aliphatic heterocycles. The van der Waals surface area contributed by atoms with Gasteiger partial charge in [-0.3, -0.25) is 4.79 Å². The zero-order chi connectivity index (χ0) is 27.4. The summed E-state index contributed by atoms with van der Waals surface area (Å²) in [7, 11) is 0. The molecule has 0 N–H and O–H groups in total. The van der Waals surface area contributed by atoms with E-state index < -0.39 is 0 Å². The predicted molar refractivity (Wildman–Crippen MR) is 162 cm³/mol. The van der Waals surface area contributed by atoms with E-state index >= 15 is 0 Å². The zero-order valence-electron chi connectivity index (χ0n) is 21.8. The van der Waals surface area contributed by atoms with Gasteiger partial charge in [-0.05, 0) is 67.8 Å². The lowest BCUT2D eigenvalue weighted by Gasteiger charge is -2.13. The molecule has 7 heteroatoms. The molecule has 40 heavy (non-hydrogen) atoms. The molecule has 0 saturated heterocycles. The number of nitrogens with zero attached hydrogens (tertiary/aromatic N) is 4. The van der Waals surface area contributed by atoms with E-state index in [1.54, 1.807) is 24.4 Å². The molecule has 0 atom stereocenters. The van der Waals surface area contributed by atoms with Crippen molar-refractivity contribution in [3.8, 4) is 17.3 Å². The molecule has 0 aliphatic rings. The van der Waals surface area contributed by atoms with E-state index in [-0.39, 0.29) is 5.56 Å². The average Bonchev–Trinajstić information content (AvgIpc) is 3.51. The van der Waals surface area contributed by atoms with Crippen molar-refractivity contribution in [2.24, 2.45) is 5.10 Å². The van der Waals surface area contributed by atoms with Gasteiger partial charge < -0.3 is 8.98 Å². The van der Waals surface area contributed by atoms with E-state index in [1.807, 2.05) is 36.4 Å². The second-order valence-electron chi connectivity index (χ2n) is 9.77. The molecule has 0 aliphatic carbocycles. The van der Waals surface area contributed by atoms with Crippen LogP contribution in [0.5, 0.6) is 0 Å². The van der Waals surface area contributed by atoms with E-state index in [0.717, 1.165) is 33.4 Å². The number of benzene rings is 4. The maximum Gasteiger partial charge on any atom is 0.282 e. The van der Waals surface area contributed by atoms with Gasteiger partial charge in [0.1, 0.15) is 5.58 Å². The van der Waals surface area contributed by atoms with E-state index in [2.05, 4.69) is 66.0 Å². The molecular formula is C33H23ClN4O2. The molecule has 0 saturated carbocycles. The molecular weight excluding hydrogens is 520 g/mol. The first-order valence-corrected chi connectivity index (χ1v) is 13.3. The summed E-state index contributed by atoms with van der Waals surface area (Å²) in [5.74, 6) is 0.744. The van der Waals surface area contributed by atoms with Gasteiger partial charge in [-0.25, -0.2) is 4.98 Å². The third kappa shape index (κ3) is 3.92. The first-order valence-electron chi connectivity index (χ1n) is 12.9. The Bertz CT molecular complexity index is 2180. The van der Waals surface area contributed by atoms with E-state index in [0.29, 0.717) is 33.1 Å². The van der Waals surface area contributed by atoms with E-state index in [4.69, 9.17) is 21.0 Å². The first kappa shape index (κ1) is 24.1. The molecule has 4 aromatic carbocycles. The summed E-state index contributed by atoms with van der Waals surface area (Å²) in [6.45, 7) is 4.13. The molecule has 0 fully saturated rings. The number of hydrogen-bond donors (Lipinski definition) is 0. The van der Waals surface area contributed by atoms with Gasteiger partial charge in [0, 0.05) is 32.7 Å². The Hall–Kier alpha value is -4.94. The Labute approximate surface area is 234 Å². The van der Waals surface area contributed by atoms with Crippen molar-refractivity contribution >= 4 is 50.5 Å². The second-order valence-corrected chi connectivity index (χ2v) is 10.2. The Morgan fingerprint density at radius 3 is 2.50 bits per heavy atom. The predicted octanol–water partition coefficient (Wildman–Crippen LogP) is 7.91. The van der Waals surface area contributed by atoms with Gasteiger partial charge >= 0.3 is 0 Å². The molecule has 3 heterocycles. The number of para-hydroxylation sites is 1. The summed E-state index contributed by atoms with van der Waals surface area (Å²) in [5.41, 5.74) is 5.01. The fourth-order valence-electron chi connectivity index (χ4n) is 5.33. The normalized spacial score (nSPS) is 11.9. The first-order chi connectivity index (χ1) is 19.5. The van der Waals surface area contributed by atoms with Crippen LogP contribution in [0, 0.1) is 13.8 Å². The maximum absolute atomic E-state index is 13.7. The lowest BCUT2D eigenvalue weighted by atomic mass is 10.1. The highest BCUT2D eigenvalue weighted by atomic mass is 35.5. The SMILES string of the molecule is Cc1cc(C=Nn2c(-c3cc4cc(Cl)ccc4o3)nc3ccccc3c2=O)c(C)n1-c1cccc2ccccc12. The zero-order valence-corrected chi connectivity index (χ0v) is 22.6. The molecule has 194 valence electrons. The fraction of sp³-hybridized carbons (Fsp3) is 0.0606. The molecule has 0 unspecified atom stereocenters. The van der Waals surface area contributed by atoms with Gasteiger partial charge in [0.05, 0.1) is 22.8 Å². The van der Waals surface area contributed by atoms with E-state index in [1.165, 1.54) is 10.1 Å². The van der Waals surface area contributed by atoms with Crippen molar-refractivity contribution in [1.29, 1.82) is 0 Å². The highest BCUT2D eigenvalue weighted by Crippen LogP contribution is 2.30. The van der Waals surface area contributed by atoms with Gasteiger partial charge in [-0.1, -0.05) is 60.1 Å². The van der Waals surface area contributed by atoms with Crippen LogP contribution in [0.2, 0.25) is 5.02 Å². The van der Waals surface area contributed by atoms with Gasteiger partial charge in [-0.15, -0.1) is 0 Å². The minimum atomic E-state index is -0.279. The van der Waals surface area contributed by atoms with Crippen LogP contribution in [0.4, 0.5) is 0 Å². The monoisotopic (exact) mass is 542 g/mol. The Kier molecular flexibility index (Phi) is 5.65. The third-order valence-electron chi connectivity index (χ3n) is 7.24. The smallest absolute Gasteiger partial charge is 0.282 e. The summed E-state index contributed by atoms with van der Waals surface area (Å²) >= 11 is 6.19. The summed E-state index contributed by atoms with van der Waals surface area (Å²) < 4.78 is 9.62. The van der Waals surface area contributed by atoms with Crippen molar-refractivity contribution < 1.29 is 4.42 Å². The van der Waals surface area contributed by atoms with Crippen molar-refractivity contribution in [1.82, 2.24) is 14.2 Å². The Balaban J connectivity index is 1.39. The van der Waals surface area contributed by atoms with Crippen molar-refractivity contribution in [2.75, 3.05) is 0 Å². The number of halogens is 1. The number of fused-ring (bicyclic) bond motifs is 3. The van der Waals surface area contributed by atoms with Crippen LogP contribution in [0.15, 0.2) is 111 Å². The van der Waals surface area contributed by atoms with Gasteiger partial charge in [0.15, 0.2) is 5.76 Å². The minimum absolute atomic E-state index is 0.279. The molecule has 0 bridgehead atoms. The van der Waals surface area contributed by atoms with Crippen LogP contribution in [0.3, 0.4) is 0 Å².